The highest BCUT2D eigenvalue weighted by molar-refractivity contribution is 5.31. The lowest BCUT2D eigenvalue weighted by Gasteiger charge is -2.14. The van der Waals surface area contributed by atoms with Gasteiger partial charge in [0, 0.05) is 6.20 Å². The number of aryl methyl sites for hydroxylation is 1. The van der Waals surface area contributed by atoms with Crippen LogP contribution in [-0.4, -0.2) is 22.6 Å². The Morgan fingerprint density at radius 3 is 2.75 bits per heavy atom. The largest absolute Gasteiger partial charge is 0.491 e. The monoisotopic (exact) mass is 268 g/mol. The molecule has 0 bridgehead atoms. The fraction of sp³-hybridized carbons (Fsp3) is 0.267. The Kier molecular flexibility index (Phi) is 4.51. The number of nitrogens with one attached hydrogen (secondary N) is 1. The summed E-state index contributed by atoms with van der Waals surface area (Å²) in [5, 5.41) is 11.9. The lowest BCUT2D eigenvalue weighted by Crippen LogP contribution is -2.24. The molecule has 5 nitrogen and oxygen atoms in total. The molecule has 0 fully saturated rings. The molecule has 0 radical (unpaired) electrons. The fourth-order valence-electron chi connectivity index (χ4n) is 1.61. The second-order valence-electron chi connectivity index (χ2n) is 4.55. The van der Waals surface area contributed by atoms with Gasteiger partial charge in [-0.3, -0.25) is 0 Å². The summed E-state index contributed by atoms with van der Waals surface area (Å²) in [6.07, 6.45) is 1.56. The maximum Gasteiger partial charge on any atom is 0.224 e. The molecule has 2 aromatic rings. The van der Waals surface area contributed by atoms with Crippen molar-refractivity contribution in [2.24, 2.45) is 0 Å². The molecule has 0 aliphatic heterocycles. The average Bonchev–Trinajstić information content (AvgIpc) is 2.47. The van der Waals surface area contributed by atoms with Crippen molar-refractivity contribution in [2.45, 2.75) is 19.9 Å². The van der Waals surface area contributed by atoms with E-state index in [4.69, 9.17) is 10.00 Å². The van der Waals surface area contributed by atoms with Gasteiger partial charge in [-0.25, -0.2) is 9.97 Å². The first kappa shape index (κ1) is 13.8. The van der Waals surface area contributed by atoms with Crippen LogP contribution in [0.2, 0.25) is 0 Å². The summed E-state index contributed by atoms with van der Waals surface area (Å²) in [5.74, 6) is 1.26. The number of rotatable bonds is 5. The van der Waals surface area contributed by atoms with E-state index >= 15 is 0 Å². The van der Waals surface area contributed by atoms with Gasteiger partial charge < -0.3 is 10.1 Å². The van der Waals surface area contributed by atoms with Crippen LogP contribution in [0.5, 0.6) is 5.75 Å². The molecule has 1 aromatic heterocycles. The standard InChI is InChI=1S/C15H16N4O/c1-11-3-5-14(6-4-11)20-10-12(2)18-15-17-8-7-13(9-16)19-15/h3-8,12H,10H2,1-2H3,(H,17,18,19). The highest BCUT2D eigenvalue weighted by Gasteiger charge is 2.06. The van der Waals surface area contributed by atoms with Gasteiger partial charge in [0.05, 0.1) is 6.04 Å². The van der Waals surface area contributed by atoms with Crippen molar-refractivity contribution in [3.63, 3.8) is 0 Å². The number of hydrogen-bond donors (Lipinski definition) is 1. The summed E-state index contributed by atoms with van der Waals surface area (Å²) in [6, 6.07) is 11.5. The lowest BCUT2D eigenvalue weighted by molar-refractivity contribution is 0.303. The van der Waals surface area contributed by atoms with Crippen LogP contribution >= 0.6 is 0 Å². The van der Waals surface area contributed by atoms with E-state index in [1.807, 2.05) is 44.2 Å². The number of benzene rings is 1. The molecule has 2 rings (SSSR count). The Bertz CT molecular complexity index is 604. The van der Waals surface area contributed by atoms with E-state index in [0.29, 0.717) is 18.2 Å². The first-order chi connectivity index (χ1) is 9.67. The van der Waals surface area contributed by atoms with Crippen LogP contribution in [0.25, 0.3) is 0 Å². The van der Waals surface area contributed by atoms with Gasteiger partial charge in [0.15, 0.2) is 0 Å². The van der Waals surface area contributed by atoms with Crippen molar-refractivity contribution in [3.8, 4) is 11.8 Å². The SMILES string of the molecule is Cc1ccc(OCC(C)Nc2nccc(C#N)n2)cc1. The van der Waals surface area contributed by atoms with Crippen LogP contribution < -0.4 is 10.1 Å². The van der Waals surface area contributed by atoms with E-state index in [1.165, 1.54) is 5.56 Å². The second-order valence-corrected chi connectivity index (χ2v) is 4.55. The van der Waals surface area contributed by atoms with E-state index in [1.54, 1.807) is 12.3 Å². The molecule has 0 saturated carbocycles. The fourth-order valence-corrected chi connectivity index (χ4v) is 1.61. The quantitative estimate of drug-likeness (QED) is 0.902. The van der Waals surface area contributed by atoms with Gasteiger partial charge in [0.1, 0.15) is 24.1 Å². The van der Waals surface area contributed by atoms with Crippen molar-refractivity contribution in [1.29, 1.82) is 5.26 Å². The average molecular weight is 268 g/mol. The minimum Gasteiger partial charge on any atom is -0.491 e. The number of nitrogens with zero attached hydrogens (tertiary/aromatic N) is 3. The van der Waals surface area contributed by atoms with E-state index in [9.17, 15) is 0 Å². The van der Waals surface area contributed by atoms with Crippen LogP contribution in [0.15, 0.2) is 36.5 Å². The van der Waals surface area contributed by atoms with Crippen LogP contribution in [0.1, 0.15) is 18.2 Å². The molecule has 0 aliphatic carbocycles. The Labute approximate surface area is 118 Å². The summed E-state index contributed by atoms with van der Waals surface area (Å²) >= 11 is 0. The van der Waals surface area contributed by atoms with Crippen molar-refractivity contribution in [1.82, 2.24) is 9.97 Å². The zero-order valence-corrected chi connectivity index (χ0v) is 11.5. The topological polar surface area (TPSA) is 70.8 Å². The van der Waals surface area contributed by atoms with E-state index in [2.05, 4.69) is 15.3 Å². The molecule has 1 aromatic carbocycles. The Hall–Kier alpha value is -2.61. The number of ether oxygens (including phenoxy) is 1. The molecule has 0 spiro atoms. The molecule has 1 atom stereocenters. The summed E-state index contributed by atoms with van der Waals surface area (Å²) in [6.45, 7) is 4.49. The summed E-state index contributed by atoms with van der Waals surface area (Å²) in [4.78, 5) is 8.12. The van der Waals surface area contributed by atoms with Crippen molar-refractivity contribution < 1.29 is 4.74 Å². The van der Waals surface area contributed by atoms with Crippen LogP contribution in [0.3, 0.4) is 0 Å². The van der Waals surface area contributed by atoms with Gasteiger partial charge in [-0.05, 0) is 32.0 Å². The third-order valence-electron chi connectivity index (χ3n) is 2.67. The minimum absolute atomic E-state index is 0.0326. The predicted molar refractivity (Wildman–Crippen MR) is 76.5 cm³/mol. The Morgan fingerprint density at radius 1 is 1.30 bits per heavy atom. The number of nitriles is 1. The van der Waals surface area contributed by atoms with Gasteiger partial charge in [0.2, 0.25) is 5.95 Å². The third kappa shape index (κ3) is 3.95. The molecular formula is C15H16N4O. The first-order valence-corrected chi connectivity index (χ1v) is 6.36. The lowest BCUT2D eigenvalue weighted by atomic mass is 10.2. The minimum atomic E-state index is 0.0326. The molecule has 1 N–H and O–H groups in total. The zero-order valence-electron chi connectivity index (χ0n) is 11.5. The van der Waals surface area contributed by atoms with Crippen LogP contribution in [0.4, 0.5) is 5.95 Å². The predicted octanol–water partition coefficient (Wildman–Crippen LogP) is 2.54. The normalized spacial score (nSPS) is 11.4. The summed E-state index contributed by atoms with van der Waals surface area (Å²) in [5.41, 5.74) is 1.54. The molecule has 0 aliphatic rings. The highest BCUT2D eigenvalue weighted by atomic mass is 16.5. The second kappa shape index (κ2) is 6.53. The van der Waals surface area contributed by atoms with Crippen LogP contribution in [-0.2, 0) is 0 Å². The van der Waals surface area contributed by atoms with Crippen molar-refractivity contribution in [2.75, 3.05) is 11.9 Å². The van der Waals surface area contributed by atoms with Crippen molar-refractivity contribution >= 4 is 5.95 Å². The maximum atomic E-state index is 8.78. The maximum absolute atomic E-state index is 8.78. The number of aromatic nitrogens is 2. The number of hydrogen-bond acceptors (Lipinski definition) is 5. The van der Waals surface area contributed by atoms with Gasteiger partial charge in [-0.2, -0.15) is 5.26 Å². The molecular weight excluding hydrogens is 252 g/mol. The van der Waals surface area contributed by atoms with Gasteiger partial charge in [-0.1, -0.05) is 17.7 Å². The highest BCUT2D eigenvalue weighted by Crippen LogP contribution is 2.12. The Morgan fingerprint density at radius 2 is 2.05 bits per heavy atom. The molecule has 5 heteroatoms. The molecule has 0 saturated heterocycles. The third-order valence-corrected chi connectivity index (χ3v) is 2.67. The van der Waals surface area contributed by atoms with Gasteiger partial charge in [0.25, 0.3) is 0 Å². The Balaban J connectivity index is 1.87. The molecule has 20 heavy (non-hydrogen) atoms. The van der Waals surface area contributed by atoms with Crippen molar-refractivity contribution in [3.05, 3.63) is 47.8 Å². The molecule has 1 heterocycles. The van der Waals surface area contributed by atoms with E-state index < -0.39 is 0 Å². The summed E-state index contributed by atoms with van der Waals surface area (Å²) in [7, 11) is 0. The first-order valence-electron chi connectivity index (χ1n) is 6.36. The number of anilines is 1. The molecule has 102 valence electrons. The summed E-state index contributed by atoms with van der Waals surface area (Å²) < 4.78 is 5.67. The van der Waals surface area contributed by atoms with Gasteiger partial charge >= 0.3 is 0 Å². The van der Waals surface area contributed by atoms with E-state index in [0.717, 1.165) is 5.75 Å². The molecule has 1 unspecified atom stereocenters. The smallest absolute Gasteiger partial charge is 0.224 e. The molecule has 0 amide bonds. The van der Waals surface area contributed by atoms with E-state index in [-0.39, 0.29) is 6.04 Å². The van der Waals surface area contributed by atoms with Crippen LogP contribution in [0, 0.1) is 18.3 Å². The van der Waals surface area contributed by atoms with Gasteiger partial charge in [-0.15, -0.1) is 0 Å². The zero-order chi connectivity index (χ0) is 14.4.